The van der Waals surface area contributed by atoms with Crippen LogP contribution in [0.5, 0.6) is 0 Å². The summed E-state index contributed by atoms with van der Waals surface area (Å²) in [5.74, 6) is -2.61. The molecule has 11 heteroatoms. The van der Waals surface area contributed by atoms with E-state index in [4.69, 9.17) is 4.98 Å². The largest absolute Gasteiger partial charge is 0.373 e. The quantitative estimate of drug-likeness (QED) is 0.300. The van der Waals surface area contributed by atoms with Crippen LogP contribution in [0, 0.1) is 11.3 Å². The van der Waals surface area contributed by atoms with E-state index in [9.17, 15) is 23.6 Å². The number of hydrogen-bond acceptors (Lipinski definition) is 6. The second kappa shape index (κ2) is 10.9. The third-order valence-electron chi connectivity index (χ3n) is 11.6. The Bertz CT molecular complexity index is 2330. The molecular formula is C40H34F2N7O2+. The van der Waals surface area contributed by atoms with Gasteiger partial charge >= 0.3 is 0 Å². The van der Waals surface area contributed by atoms with Gasteiger partial charge in [0.15, 0.2) is 11.9 Å². The predicted octanol–water partition coefficient (Wildman–Crippen LogP) is 4.73. The van der Waals surface area contributed by atoms with Gasteiger partial charge in [-0.25, -0.2) is 8.78 Å². The summed E-state index contributed by atoms with van der Waals surface area (Å²) in [6.45, 7) is 1.09. The van der Waals surface area contributed by atoms with Gasteiger partial charge in [0.2, 0.25) is 6.67 Å². The number of rotatable bonds is 4. The van der Waals surface area contributed by atoms with Crippen molar-refractivity contribution in [2.24, 2.45) is 9.98 Å². The van der Waals surface area contributed by atoms with E-state index in [2.05, 4.69) is 32.8 Å². The van der Waals surface area contributed by atoms with Crippen LogP contribution in [0.2, 0.25) is 0 Å². The van der Waals surface area contributed by atoms with Gasteiger partial charge in [0.25, 0.3) is 17.7 Å². The van der Waals surface area contributed by atoms with Crippen LogP contribution in [-0.4, -0.2) is 35.5 Å². The van der Waals surface area contributed by atoms with Gasteiger partial charge in [-0.05, 0) is 78.6 Å². The Hall–Kier alpha value is -5.63. The number of aromatic nitrogens is 2. The lowest BCUT2D eigenvalue weighted by Gasteiger charge is -2.34. The monoisotopic (exact) mass is 682 g/mol. The van der Waals surface area contributed by atoms with Gasteiger partial charge in [-0.3, -0.25) is 14.6 Å². The minimum absolute atomic E-state index is 0.159. The summed E-state index contributed by atoms with van der Waals surface area (Å²) in [6.07, 6.45) is 7.87. The Morgan fingerprint density at radius 1 is 0.922 bits per heavy atom. The zero-order chi connectivity index (χ0) is 35.3. The molecule has 1 saturated carbocycles. The Morgan fingerprint density at radius 2 is 1.65 bits per heavy atom. The topological polar surface area (TPSA) is 123 Å². The molecule has 2 aromatic carbocycles. The second-order valence-electron chi connectivity index (χ2n) is 14.3. The molecule has 4 aromatic rings. The van der Waals surface area contributed by atoms with E-state index in [-0.39, 0.29) is 18.1 Å². The highest BCUT2D eigenvalue weighted by Gasteiger charge is 2.55. The van der Waals surface area contributed by atoms with E-state index < -0.39 is 22.7 Å². The van der Waals surface area contributed by atoms with Gasteiger partial charge in [0, 0.05) is 66.5 Å². The summed E-state index contributed by atoms with van der Waals surface area (Å²) in [5.41, 5.74) is 5.29. The fourth-order valence-electron chi connectivity index (χ4n) is 8.87. The van der Waals surface area contributed by atoms with Gasteiger partial charge in [-0.15, -0.1) is 0 Å². The molecule has 5 aliphatic rings. The number of amidine groups is 2. The highest BCUT2D eigenvalue weighted by molar-refractivity contribution is 6.15. The SMILES string of the molecule is CNC1=NC(=O)[C@]2(CCc3c2ccc[n+]3CNC2=NC(=O)[C@]3(CCc4c(C#N)cccc43)c3cc(C4CC4)ncc32)c2cc(C(C)(F)F)ccc21. The van der Waals surface area contributed by atoms with Gasteiger partial charge in [0.05, 0.1) is 11.6 Å². The van der Waals surface area contributed by atoms with E-state index in [1.54, 1.807) is 19.2 Å². The number of nitrogens with zero attached hydrogens (tertiary/aromatic N) is 5. The molecule has 2 aromatic heterocycles. The number of hydrogen-bond donors (Lipinski definition) is 2. The minimum atomic E-state index is -3.09. The van der Waals surface area contributed by atoms with Crippen LogP contribution in [0.1, 0.15) is 100.0 Å². The lowest BCUT2D eigenvalue weighted by molar-refractivity contribution is -0.706. The van der Waals surface area contributed by atoms with Crippen LogP contribution in [0.4, 0.5) is 8.78 Å². The lowest BCUT2D eigenvalue weighted by atomic mass is 9.71. The number of nitrogens with one attached hydrogen (secondary N) is 2. The van der Waals surface area contributed by atoms with Gasteiger partial charge in [0.1, 0.15) is 22.5 Å². The van der Waals surface area contributed by atoms with Crippen molar-refractivity contribution in [2.75, 3.05) is 7.05 Å². The minimum Gasteiger partial charge on any atom is -0.373 e. The van der Waals surface area contributed by atoms with E-state index in [1.807, 2.05) is 41.2 Å². The van der Waals surface area contributed by atoms with Crippen molar-refractivity contribution in [1.29, 1.82) is 5.26 Å². The molecule has 2 spiro atoms. The first kappa shape index (κ1) is 31.4. The van der Waals surface area contributed by atoms with Crippen LogP contribution >= 0.6 is 0 Å². The number of amides is 2. The van der Waals surface area contributed by atoms with Crippen LogP contribution in [0.3, 0.4) is 0 Å². The molecule has 2 atom stereocenters. The van der Waals surface area contributed by atoms with Gasteiger partial charge in [-0.1, -0.05) is 24.3 Å². The van der Waals surface area contributed by atoms with E-state index in [0.717, 1.165) is 59.0 Å². The third-order valence-corrected chi connectivity index (χ3v) is 11.6. The number of fused-ring (bicyclic) bond motifs is 8. The molecule has 0 saturated heterocycles. The Labute approximate surface area is 293 Å². The number of pyridine rings is 2. The molecule has 1 fully saturated rings. The Balaban J connectivity index is 1.10. The molecule has 0 radical (unpaired) electrons. The number of alkyl halides is 2. The number of aliphatic imine (C=N–C) groups is 2. The third kappa shape index (κ3) is 4.41. The number of halogens is 2. The fraction of sp³-hybridized carbons (Fsp3) is 0.325. The van der Waals surface area contributed by atoms with Crippen LogP contribution in [0.15, 0.2) is 77.0 Å². The van der Waals surface area contributed by atoms with E-state index in [0.29, 0.717) is 60.0 Å². The molecular weight excluding hydrogens is 648 g/mol. The zero-order valence-corrected chi connectivity index (χ0v) is 28.2. The summed E-state index contributed by atoms with van der Waals surface area (Å²) >= 11 is 0. The van der Waals surface area contributed by atoms with Crippen molar-refractivity contribution in [1.82, 2.24) is 15.6 Å². The standard InChI is InChI=1S/C40H33F2N7O2/c1-38(41,42)24-10-11-26-30(17-24)40(37(51)47-34(26)44-2)15-13-33-29(40)7-4-16-49(33)21-46-35-27-20-45-32(22-8-9-22)18-31(27)39(36(50)48-35)14-12-25-23(19-43)5-3-6-28(25)39/h3-7,10-11,16-18,20,22H,8-9,12-15,21H2,1-2H3,(H-,44,46,47,48,50,51)/p+1/t39-,40-/m0/s1. The molecule has 254 valence electrons. The molecule has 9 rings (SSSR count). The first-order chi connectivity index (χ1) is 24.6. The van der Waals surface area contributed by atoms with Crippen molar-refractivity contribution in [3.05, 3.63) is 128 Å². The van der Waals surface area contributed by atoms with Crippen LogP contribution < -0.4 is 15.2 Å². The summed E-state index contributed by atoms with van der Waals surface area (Å²) in [4.78, 5) is 42.2. The lowest BCUT2D eigenvalue weighted by Crippen LogP contribution is -2.50. The molecule has 0 unspecified atom stereocenters. The van der Waals surface area contributed by atoms with E-state index in [1.165, 1.54) is 12.1 Å². The number of carbonyl (C=O) groups excluding carboxylic acids is 2. The van der Waals surface area contributed by atoms with Crippen molar-refractivity contribution in [3.63, 3.8) is 0 Å². The van der Waals surface area contributed by atoms with Crippen LogP contribution in [-0.2, 0) is 45.9 Å². The Kier molecular flexibility index (Phi) is 6.72. The van der Waals surface area contributed by atoms with Gasteiger partial charge < -0.3 is 10.6 Å². The fourth-order valence-corrected chi connectivity index (χ4v) is 8.87. The maximum atomic E-state index is 14.6. The smallest absolute Gasteiger partial charge is 0.270 e. The normalized spacial score (nSPS) is 22.9. The molecule has 4 heterocycles. The average molecular weight is 683 g/mol. The molecule has 2 amide bonds. The van der Waals surface area contributed by atoms with Crippen molar-refractivity contribution < 1.29 is 22.9 Å². The number of benzene rings is 2. The molecule has 51 heavy (non-hydrogen) atoms. The highest BCUT2D eigenvalue weighted by atomic mass is 19.3. The summed E-state index contributed by atoms with van der Waals surface area (Å²) in [7, 11) is 1.66. The van der Waals surface area contributed by atoms with Crippen LogP contribution in [0.25, 0.3) is 0 Å². The first-order valence-electron chi connectivity index (χ1n) is 17.4. The van der Waals surface area contributed by atoms with Crippen molar-refractivity contribution in [3.8, 4) is 6.07 Å². The maximum absolute atomic E-state index is 14.6. The van der Waals surface area contributed by atoms with Crippen molar-refractivity contribution >= 4 is 23.5 Å². The second-order valence-corrected chi connectivity index (χ2v) is 14.3. The first-order valence-corrected chi connectivity index (χ1v) is 17.4. The molecule has 3 aliphatic carbocycles. The number of nitriles is 1. The van der Waals surface area contributed by atoms with Crippen molar-refractivity contribution in [2.45, 2.75) is 74.8 Å². The number of carbonyl (C=O) groups is 2. The van der Waals surface area contributed by atoms with Gasteiger partial charge in [-0.2, -0.15) is 19.8 Å². The average Bonchev–Trinajstić information content (AvgIpc) is 3.80. The zero-order valence-electron chi connectivity index (χ0n) is 28.2. The predicted molar refractivity (Wildman–Crippen MR) is 184 cm³/mol. The highest BCUT2D eigenvalue weighted by Crippen LogP contribution is 2.51. The Morgan fingerprint density at radius 3 is 2.39 bits per heavy atom. The molecule has 9 nitrogen and oxygen atoms in total. The van der Waals surface area contributed by atoms with E-state index >= 15 is 0 Å². The molecule has 0 bridgehead atoms. The summed E-state index contributed by atoms with van der Waals surface area (Å²) in [6, 6.07) is 18.2. The molecule has 2 aliphatic heterocycles. The summed E-state index contributed by atoms with van der Waals surface area (Å²) < 4.78 is 31.2. The maximum Gasteiger partial charge on any atom is 0.270 e. The summed E-state index contributed by atoms with van der Waals surface area (Å²) in [5, 5.41) is 16.2. The molecule has 2 N–H and O–H groups in total.